The summed E-state index contributed by atoms with van der Waals surface area (Å²) < 4.78 is 51.2. The number of rotatable bonds is 2. The molecule has 0 fully saturated rings. The van der Waals surface area contributed by atoms with Crippen molar-refractivity contribution in [2.24, 2.45) is 0 Å². The van der Waals surface area contributed by atoms with Crippen molar-refractivity contribution in [3.63, 3.8) is 0 Å². The Kier molecular flexibility index (Phi) is 3.49. The topological polar surface area (TPSA) is 46.2 Å². The number of anilines is 1. The van der Waals surface area contributed by atoms with E-state index >= 15 is 0 Å². The summed E-state index contributed by atoms with van der Waals surface area (Å²) in [4.78, 5) is 0.254. The molecule has 0 saturated carbocycles. The zero-order valence-electron chi connectivity index (χ0n) is 10.6. The van der Waals surface area contributed by atoms with Gasteiger partial charge < -0.3 is 5.32 Å². The summed E-state index contributed by atoms with van der Waals surface area (Å²) in [6.45, 7) is 0. The Hall–Kier alpha value is -1.47. The second-order valence-electron chi connectivity index (χ2n) is 4.76. The third-order valence-corrected chi connectivity index (χ3v) is 5.78. The lowest BCUT2D eigenvalue weighted by Gasteiger charge is -2.15. The average molecular weight is 374 g/mol. The predicted molar refractivity (Wildman–Crippen MR) is 78.9 cm³/mol. The largest absolute Gasteiger partial charge is 0.375 e. The Morgan fingerprint density at radius 1 is 1.14 bits per heavy atom. The summed E-state index contributed by atoms with van der Waals surface area (Å²) in [6, 6.07) is 8.05. The summed E-state index contributed by atoms with van der Waals surface area (Å²) in [5, 5.41) is 2.84. The molecule has 3 nitrogen and oxygen atoms in total. The van der Waals surface area contributed by atoms with E-state index in [2.05, 4.69) is 21.2 Å². The Balaban J connectivity index is 2.00. The van der Waals surface area contributed by atoms with E-state index in [1.807, 2.05) is 0 Å². The Labute approximate surface area is 129 Å². The number of halogens is 3. The second-order valence-corrected chi connectivity index (χ2v) is 7.62. The minimum atomic E-state index is -3.38. The molecule has 0 bridgehead atoms. The van der Waals surface area contributed by atoms with Gasteiger partial charge >= 0.3 is 0 Å². The van der Waals surface area contributed by atoms with Crippen LogP contribution in [0.4, 0.5) is 14.5 Å². The molecule has 7 heteroatoms. The fraction of sp³-hybridized carbons (Fsp3) is 0.143. The molecule has 3 rings (SSSR count). The Morgan fingerprint density at radius 2 is 1.86 bits per heavy atom. The van der Waals surface area contributed by atoms with E-state index in [4.69, 9.17) is 0 Å². The number of hydrogen-bond acceptors (Lipinski definition) is 3. The maximum Gasteiger partial charge on any atom is 0.181 e. The molecule has 1 aliphatic heterocycles. The van der Waals surface area contributed by atoms with Crippen molar-refractivity contribution in [2.75, 3.05) is 11.1 Å². The van der Waals surface area contributed by atoms with Crippen LogP contribution in [0.3, 0.4) is 0 Å². The molecule has 0 aromatic heterocycles. The number of nitrogens with one attached hydrogen (secondary N) is 1. The lowest BCUT2D eigenvalue weighted by molar-refractivity contribution is 0.579. The van der Waals surface area contributed by atoms with Crippen LogP contribution in [0.25, 0.3) is 0 Å². The monoisotopic (exact) mass is 373 g/mol. The molecule has 0 amide bonds. The third-order valence-electron chi connectivity index (χ3n) is 3.36. The lowest BCUT2D eigenvalue weighted by Crippen LogP contribution is -2.14. The molecule has 0 spiro atoms. The van der Waals surface area contributed by atoms with E-state index in [9.17, 15) is 17.2 Å². The molecule has 2 aromatic rings. The zero-order chi connectivity index (χ0) is 15.2. The zero-order valence-corrected chi connectivity index (χ0v) is 13.0. The van der Waals surface area contributed by atoms with Gasteiger partial charge in [-0.2, -0.15) is 0 Å². The van der Waals surface area contributed by atoms with Crippen molar-refractivity contribution < 1.29 is 17.2 Å². The van der Waals surface area contributed by atoms with Crippen LogP contribution >= 0.6 is 15.9 Å². The summed E-state index contributed by atoms with van der Waals surface area (Å²) in [5.74, 6) is -1.63. The van der Waals surface area contributed by atoms with Crippen LogP contribution in [0.5, 0.6) is 0 Å². The molecule has 1 N–H and O–H groups in total. The van der Waals surface area contributed by atoms with Gasteiger partial charge in [0.2, 0.25) is 0 Å². The van der Waals surface area contributed by atoms with E-state index < -0.39 is 27.5 Å². The summed E-state index contributed by atoms with van der Waals surface area (Å²) in [6.07, 6.45) is 0. The van der Waals surface area contributed by atoms with Gasteiger partial charge in [0.1, 0.15) is 11.6 Å². The fourth-order valence-corrected chi connectivity index (χ4v) is 4.47. The van der Waals surface area contributed by atoms with Gasteiger partial charge in [-0.05, 0) is 33.6 Å². The van der Waals surface area contributed by atoms with Crippen LogP contribution in [-0.4, -0.2) is 14.2 Å². The van der Waals surface area contributed by atoms with Crippen LogP contribution < -0.4 is 5.32 Å². The van der Waals surface area contributed by atoms with Crippen molar-refractivity contribution in [1.29, 1.82) is 0 Å². The van der Waals surface area contributed by atoms with Crippen LogP contribution in [0.2, 0.25) is 0 Å². The molecular weight excluding hydrogens is 364 g/mol. The quantitative estimate of drug-likeness (QED) is 0.816. The van der Waals surface area contributed by atoms with E-state index in [-0.39, 0.29) is 20.8 Å². The number of sulfone groups is 1. The molecule has 110 valence electrons. The molecule has 1 atom stereocenters. The highest BCUT2D eigenvalue weighted by atomic mass is 79.9. The summed E-state index contributed by atoms with van der Waals surface area (Å²) in [7, 11) is -3.38. The first-order valence-corrected chi connectivity index (χ1v) is 8.56. The molecular formula is C14H10BrF2NO2S. The van der Waals surface area contributed by atoms with Gasteiger partial charge in [-0.25, -0.2) is 17.2 Å². The van der Waals surface area contributed by atoms with Crippen molar-refractivity contribution in [1.82, 2.24) is 0 Å². The third kappa shape index (κ3) is 2.55. The number of hydrogen-bond donors (Lipinski definition) is 1. The second kappa shape index (κ2) is 5.06. The summed E-state index contributed by atoms with van der Waals surface area (Å²) in [5.41, 5.74) is 0.650. The maximum atomic E-state index is 13.8. The SMILES string of the molecule is O=S1(=O)CC(Nc2cc(Br)c(F)cc2F)c2ccccc21. The first kappa shape index (κ1) is 14.5. The summed E-state index contributed by atoms with van der Waals surface area (Å²) >= 11 is 2.98. The maximum absolute atomic E-state index is 13.8. The van der Waals surface area contributed by atoms with E-state index in [0.717, 1.165) is 6.07 Å². The van der Waals surface area contributed by atoms with Gasteiger partial charge in [0, 0.05) is 6.07 Å². The molecule has 21 heavy (non-hydrogen) atoms. The van der Waals surface area contributed by atoms with Gasteiger partial charge in [0.05, 0.1) is 26.9 Å². The van der Waals surface area contributed by atoms with Crippen molar-refractivity contribution in [3.8, 4) is 0 Å². The molecule has 1 heterocycles. The molecule has 1 unspecified atom stereocenters. The Morgan fingerprint density at radius 3 is 2.62 bits per heavy atom. The first-order chi connectivity index (χ1) is 9.88. The normalized spacial score (nSPS) is 19.3. The van der Waals surface area contributed by atoms with E-state index in [1.165, 1.54) is 12.1 Å². The Bertz CT molecular complexity index is 824. The highest BCUT2D eigenvalue weighted by molar-refractivity contribution is 9.10. The van der Waals surface area contributed by atoms with Crippen molar-refractivity contribution >= 4 is 31.5 Å². The number of fused-ring (bicyclic) bond motifs is 1. The standard InChI is InChI=1S/C14H10BrF2NO2S/c15-9-5-12(11(17)6-10(9)16)18-13-7-21(19,20)14-4-2-1-3-8(13)14/h1-6,13,18H,7H2. The minimum Gasteiger partial charge on any atom is -0.375 e. The van der Waals surface area contributed by atoms with Crippen molar-refractivity contribution in [3.05, 3.63) is 58.1 Å². The fourth-order valence-electron chi connectivity index (χ4n) is 2.39. The molecule has 0 aliphatic carbocycles. The van der Waals surface area contributed by atoms with Crippen LogP contribution in [0, 0.1) is 11.6 Å². The molecule has 1 aliphatic rings. The van der Waals surface area contributed by atoms with Crippen LogP contribution in [0.1, 0.15) is 11.6 Å². The van der Waals surface area contributed by atoms with Crippen LogP contribution in [-0.2, 0) is 9.84 Å². The van der Waals surface area contributed by atoms with Gasteiger partial charge in [-0.1, -0.05) is 18.2 Å². The molecule has 0 radical (unpaired) electrons. The minimum absolute atomic E-state index is 0.0557. The number of benzene rings is 2. The van der Waals surface area contributed by atoms with Gasteiger partial charge in [-0.15, -0.1) is 0 Å². The molecule has 2 aromatic carbocycles. The van der Waals surface area contributed by atoms with Gasteiger partial charge in [-0.3, -0.25) is 0 Å². The van der Waals surface area contributed by atoms with Crippen molar-refractivity contribution in [2.45, 2.75) is 10.9 Å². The average Bonchev–Trinajstić information content (AvgIpc) is 2.68. The van der Waals surface area contributed by atoms with Gasteiger partial charge in [0.15, 0.2) is 9.84 Å². The van der Waals surface area contributed by atoms with E-state index in [0.29, 0.717) is 5.56 Å². The lowest BCUT2D eigenvalue weighted by atomic mass is 10.1. The highest BCUT2D eigenvalue weighted by Gasteiger charge is 2.34. The van der Waals surface area contributed by atoms with E-state index in [1.54, 1.807) is 18.2 Å². The van der Waals surface area contributed by atoms with Gasteiger partial charge in [0.25, 0.3) is 0 Å². The molecule has 0 saturated heterocycles. The highest BCUT2D eigenvalue weighted by Crippen LogP contribution is 2.36. The predicted octanol–water partition coefficient (Wildman–Crippen LogP) is 3.67. The smallest absolute Gasteiger partial charge is 0.181 e. The first-order valence-electron chi connectivity index (χ1n) is 6.11. The van der Waals surface area contributed by atoms with Crippen LogP contribution in [0.15, 0.2) is 45.8 Å².